The Bertz CT molecular complexity index is 1360. The van der Waals surface area contributed by atoms with Gasteiger partial charge >= 0.3 is 11.9 Å². The minimum atomic E-state index is -1.31. The highest BCUT2D eigenvalue weighted by Crippen LogP contribution is 2.35. The number of nitrogens with one attached hydrogen (secondary N) is 2. The summed E-state index contributed by atoms with van der Waals surface area (Å²) in [5.41, 5.74) is 1.70. The van der Waals surface area contributed by atoms with Crippen LogP contribution in [0.2, 0.25) is 0 Å². The van der Waals surface area contributed by atoms with Crippen LogP contribution in [0.3, 0.4) is 0 Å². The molecule has 0 unspecified atom stereocenters. The normalized spacial score (nSPS) is 15.3. The van der Waals surface area contributed by atoms with Gasteiger partial charge in [0.15, 0.2) is 11.3 Å². The number of fused-ring (bicyclic) bond motifs is 2. The molecule has 0 spiro atoms. The van der Waals surface area contributed by atoms with Crippen LogP contribution in [0.25, 0.3) is 5.65 Å². The van der Waals surface area contributed by atoms with Gasteiger partial charge in [-0.3, -0.25) is 14.7 Å². The third-order valence-corrected chi connectivity index (χ3v) is 5.53. The van der Waals surface area contributed by atoms with Crippen molar-refractivity contribution in [3.8, 4) is 0 Å². The van der Waals surface area contributed by atoms with Crippen LogP contribution in [-0.2, 0) is 11.2 Å². The molecular weight excluding hydrogens is 428 g/mol. The molecular formula is C23H24N4O6. The molecule has 2 heterocycles. The maximum atomic E-state index is 12.9. The fourth-order valence-electron chi connectivity index (χ4n) is 4.09. The molecule has 2 aromatic heterocycles. The van der Waals surface area contributed by atoms with Crippen molar-refractivity contribution in [2.24, 2.45) is 0 Å². The van der Waals surface area contributed by atoms with Crippen LogP contribution in [0.1, 0.15) is 81.3 Å². The van der Waals surface area contributed by atoms with Crippen LogP contribution in [0, 0.1) is 6.92 Å². The first-order chi connectivity index (χ1) is 15.4. The predicted octanol–water partition coefficient (Wildman–Crippen LogP) is 2.40. The van der Waals surface area contributed by atoms with E-state index in [0.29, 0.717) is 18.4 Å². The summed E-state index contributed by atoms with van der Waals surface area (Å²) in [6, 6.07) is 5.43. The third-order valence-electron chi connectivity index (χ3n) is 5.53. The van der Waals surface area contributed by atoms with E-state index in [-0.39, 0.29) is 23.1 Å². The van der Waals surface area contributed by atoms with E-state index in [4.69, 9.17) is 4.74 Å². The Balaban J connectivity index is 1.61. The summed E-state index contributed by atoms with van der Waals surface area (Å²) < 4.78 is 6.51. The van der Waals surface area contributed by atoms with Gasteiger partial charge in [0.1, 0.15) is 11.3 Å². The molecule has 1 aromatic carbocycles. The maximum Gasteiger partial charge on any atom is 0.354 e. The van der Waals surface area contributed by atoms with Crippen LogP contribution in [-0.4, -0.2) is 43.2 Å². The summed E-state index contributed by atoms with van der Waals surface area (Å²) in [6.45, 7) is 7.29. The van der Waals surface area contributed by atoms with Crippen molar-refractivity contribution in [2.75, 3.05) is 0 Å². The molecule has 1 aliphatic rings. The standard InChI is InChI=1S/C23H24N4O6/c1-11-12-7-8-15(14(12)6-5-13(11)22(32)33-23(2,3)4)25-20(29)16-9-17(21(30)31)27-18(24-16)10-19(28)26-27/h5-6,9-10,15H,7-8H2,1-4H3,(H,25,29)(H,26,28)(H,30,31)/t15-/m0/s1. The zero-order valence-electron chi connectivity index (χ0n) is 18.7. The number of hydrogen-bond acceptors (Lipinski definition) is 6. The molecule has 4 rings (SSSR count). The van der Waals surface area contributed by atoms with E-state index in [1.807, 2.05) is 33.8 Å². The van der Waals surface area contributed by atoms with E-state index in [1.165, 1.54) is 0 Å². The van der Waals surface area contributed by atoms with Crippen molar-refractivity contribution in [1.29, 1.82) is 0 Å². The molecule has 3 aromatic rings. The molecule has 0 saturated heterocycles. The van der Waals surface area contributed by atoms with Gasteiger partial charge in [-0.05, 0) is 63.3 Å². The SMILES string of the molecule is Cc1c(C(=O)OC(C)(C)C)ccc2c1CC[C@@H]2NC(=O)c1cc(C(=O)O)n2[nH]c(=O)cc2n1. The van der Waals surface area contributed by atoms with Crippen molar-refractivity contribution in [3.05, 3.63) is 68.3 Å². The fraction of sp³-hybridized carbons (Fsp3) is 0.348. The van der Waals surface area contributed by atoms with Crippen LogP contribution in [0.15, 0.2) is 29.1 Å². The number of carbonyl (C=O) groups excluding carboxylic acids is 2. The number of benzene rings is 1. The zero-order valence-corrected chi connectivity index (χ0v) is 18.7. The molecule has 0 radical (unpaired) electrons. The molecule has 1 atom stereocenters. The number of hydrogen-bond donors (Lipinski definition) is 3. The number of carboxylic acid groups (broad SMARTS) is 1. The lowest BCUT2D eigenvalue weighted by Gasteiger charge is -2.21. The van der Waals surface area contributed by atoms with Crippen molar-refractivity contribution >= 4 is 23.5 Å². The smallest absolute Gasteiger partial charge is 0.354 e. The molecule has 0 bridgehead atoms. The Morgan fingerprint density at radius 3 is 2.64 bits per heavy atom. The highest BCUT2D eigenvalue weighted by Gasteiger charge is 2.29. The molecule has 172 valence electrons. The zero-order chi connectivity index (χ0) is 24.1. The van der Waals surface area contributed by atoms with Crippen molar-refractivity contribution < 1.29 is 24.2 Å². The van der Waals surface area contributed by atoms with Gasteiger partial charge in [-0.25, -0.2) is 19.1 Å². The van der Waals surface area contributed by atoms with Crippen molar-refractivity contribution in [3.63, 3.8) is 0 Å². The van der Waals surface area contributed by atoms with Gasteiger partial charge in [0, 0.05) is 12.1 Å². The Kier molecular flexibility index (Phi) is 5.31. The topological polar surface area (TPSA) is 143 Å². The molecule has 1 aliphatic carbocycles. The number of amides is 1. The Labute approximate surface area is 188 Å². The van der Waals surface area contributed by atoms with E-state index in [9.17, 15) is 24.3 Å². The first-order valence-electron chi connectivity index (χ1n) is 10.5. The molecule has 0 saturated carbocycles. The predicted molar refractivity (Wildman–Crippen MR) is 118 cm³/mol. The molecule has 10 heteroatoms. The van der Waals surface area contributed by atoms with Gasteiger partial charge in [0.25, 0.3) is 11.5 Å². The number of ether oxygens (including phenoxy) is 1. The van der Waals surface area contributed by atoms with Gasteiger partial charge in [0.05, 0.1) is 11.6 Å². The number of aromatic nitrogens is 3. The lowest BCUT2D eigenvalue weighted by atomic mass is 9.97. The van der Waals surface area contributed by atoms with E-state index < -0.39 is 29.0 Å². The van der Waals surface area contributed by atoms with Crippen LogP contribution in [0.4, 0.5) is 0 Å². The quantitative estimate of drug-likeness (QED) is 0.516. The molecule has 0 fully saturated rings. The third kappa shape index (κ3) is 4.23. The number of nitrogens with zero attached hydrogens (tertiary/aromatic N) is 2. The maximum absolute atomic E-state index is 12.9. The second-order valence-corrected chi connectivity index (χ2v) is 9.02. The summed E-state index contributed by atoms with van der Waals surface area (Å²) in [4.78, 5) is 52.8. The number of carboxylic acids is 1. The summed E-state index contributed by atoms with van der Waals surface area (Å²) >= 11 is 0. The highest BCUT2D eigenvalue weighted by molar-refractivity contribution is 5.96. The molecule has 10 nitrogen and oxygen atoms in total. The van der Waals surface area contributed by atoms with Gasteiger partial charge < -0.3 is 15.2 Å². The molecule has 0 aliphatic heterocycles. The fourth-order valence-corrected chi connectivity index (χ4v) is 4.09. The number of aromatic amines is 1. The summed E-state index contributed by atoms with van der Waals surface area (Å²) in [6.07, 6.45) is 1.29. The second-order valence-electron chi connectivity index (χ2n) is 9.02. The minimum Gasteiger partial charge on any atom is -0.477 e. The van der Waals surface area contributed by atoms with Gasteiger partial charge in [-0.1, -0.05) is 6.07 Å². The second kappa shape index (κ2) is 7.88. The van der Waals surface area contributed by atoms with E-state index in [1.54, 1.807) is 6.07 Å². The molecule has 1 amide bonds. The summed E-state index contributed by atoms with van der Waals surface area (Å²) in [5.74, 6) is -2.25. The number of H-pyrrole nitrogens is 1. The first-order valence-corrected chi connectivity index (χ1v) is 10.5. The molecule has 33 heavy (non-hydrogen) atoms. The van der Waals surface area contributed by atoms with Crippen LogP contribution < -0.4 is 10.9 Å². The molecule has 3 N–H and O–H groups in total. The van der Waals surface area contributed by atoms with E-state index in [2.05, 4.69) is 15.4 Å². The van der Waals surface area contributed by atoms with Crippen LogP contribution in [0.5, 0.6) is 0 Å². The average molecular weight is 452 g/mol. The average Bonchev–Trinajstić information content (AvgIpc) is 3.28. The number of rotatable bonds is 4. The lowest BCUT2D eigenvalue weighted by molar-refractivity contribution is 0.00682. The monoisotopic (exact) mass is 452 g/mol. The Morgan fingerprint density at radius 2 is 1.97 bits per heavy atom. The lowest BCUT2D eigenvalue weighted by Crippen LogP contribution is -2.29. The van der Waals surface area contributed by atoms with Crippen molar-refractivity contribution in [2.45, 2.75) is 52.2 Å². The Hall–Kier alpha value is -3.95. The van der Waals surface area contributed by atoms with Gasteiger partial charge in [-0.2, -0.15) is 0 Å². The van der Waals surface area contributed by atoms with E-state index >= 15 is 0 Å². The number of esters is 1. The number of carbonyl (C=O) groups is 3. The van der Waals surface area contributed by atoms with Gasteiger partial charge in [0.2, 0.25) is 0 Å². The first kappa shape index (κ1) is 22.3. The number of aromatic carboxylic acids is 1. The van der Waals surface area contributed by atoms with Crippen LogP contribution >= 0.6 is 0 Å². The minimum absolute atomic E-state index is 0.0368. The van der Waals surface area contributed by atoms with E-state index in [0.717, 1.165) is 33.3 Å². The van der Waals surface area contributed by atoms with Crippen molar-refractivity contribution in [1.82, 2.24) is 19.9 Å². The Morgan fingerprint density at radius 1 is 1.24 bits per heavy atom. The van der Waals surface area contributed by atoms with Gasteiger partial charge in [-0.15, -0.1) is 0 Å². The summed E-state index contributed by atoms with van der Waals surface area (Å²) in [7, 11) is 0. The highest BCUT2D eigenvalue weighted by atomic mass is 16.6. The summed E-state index contributed by atoms with van der Waals surface area (Å²) in [5, 5.41) is 14.7. The largest absolute Gasteiger partial charge is 0.477 e.